The molecule has 0 amide bonds. The van der Waals surface area contributed by atoms with E-state index in [0.717, 1.165) is 15.6 Å². The molecule has 0 fully saturated rings. The molecule has 2 N–H and O–H groups in total. The van der Waals surface area contributed by atoms with Crippen LogP contribution < -0.4 is 0 Å². The quantitative estimate of drug-likeness (QED) is 0.424. The lowest BCUT2D eigenvalue weighted by molar-refractivity contribution is 0.00928. The van der Waals surface area contributed by atoms with Gasteiger partial charge in [-0.1, -0.05) is 48.8 Å². The minimum absolute atomic E-state index is 0.0867. The van der Waals surface area contributed by atoms with Gasteiger partial charge < -0.3 is 14.8 Å². The molecular formula is C20H19Cl2N3O3S. The lowest BCUT2D eigenvalue weighted by Gasteiger charge is -2.26. The molecule has 0 aliphatic heterocycles. The number of aromatic nitrogens is 3. The van der Waals surface area contributed by atoms with Gasteiger partial charge in [-0.05, 0) is 43.2 Å². The van der Waals surface area contributed by atoms with Gasteiger partial charge in [0, 0.05) is 32.9 Å². The van der Waals surface area contributed by atoms with Crippen LogP contribution in [-0.4, -0.2) is 26.2 Å². The highest BCUT2D eigenvalue weighted by Crippen LogP contribution is 2.39. The normalized spacial score (nSPS) is 13.3. The SMILES string of the molecule is CC(C)c1nc(C(C)(OC(=O)O)c2ccncc2)[nH]c1Sc1cc(Cl)cc(Cl)c1. The summed E-state index contributed by atoms with van der Waals surface area (Å²) in [5.74, 6) is 0.467. The van der Waals surface area contributed by atoms with Crippen LogP contribution in [0.2, 0.25) is 10.0 Å². The Balaban J connectivity index is 2.09. The van der Waals surface area contributed by atoms with Gasteiger partial charge in [0.05, 0.1) is 5.69 Å². The van der Waals surface area contributed by atoms with Crippen molar-refractivity contribution in [2.45, 2.75) is 42.2 Å². The van der Waals surface area contributed by atoms with Crippen LogP contribution in [0.15, 0.2) is 52.6 Å². The summed E-state index contributed by atoms with van der Waals surface area (Å²) in [6.45, 7) is 5.68. The molecular weight excluding hydrogens is 433 g/mol. The van der Waals surface area contributed by atoms with Gasteiger partial charge in [-0.3, -0.25) is 4.98 Å². The Bertz CT molecular complexity index is 1010. The number of benzene rings is 1. The minimum Gasteiger partial charge on any atom is -0.450 e. The number of carboxylic acid groups (broad SMARTS) is 1. The Morgan fingerprint density at radius 3 is 2.38 bits per heavy atom. The number of ether oxygens (including phenoxy) is 1. The molecule has 0 aliphatic carbocycles. The molecule has 0 aliphatic rings. The Morgan fingerprint density at radius 1 is 1.21 bits per heavy atom. The average Bonchev–Trinajstić information content (AvgIpc) is 3.05. The topological polar surface area (TPSA) is 88.1 Å². The smallest absolute Gasteiger partial charge is 0.450 e. The van der Waals surface area contributed by atoms with Crippen LogP contribution in [0.25, 0.3) is 0 Å². The molecule has 152 valence electrons. The molecule has 29 heavy (non-hydrogen) atoms. The summed E-state index contributed by atoms with van der Waals surface area (Å²) in [5, 5.41) is 11.2. The van der Waals surface area contributed by atoms with E-state index in [0.29, 0.717) is 21.4 Å². The van der Waals surface area contributed by atoms with Gasteiger partial charge in [-0.15, -0.1) is 0 Å². The third-order valence-corrected chi connectivity index (χ3v) is 5.70. The zero-order chi connectivity index (χ0) is 21.2. The first-order chi connectivity index (χ1) is 13.7. The largest absolute Gasteiger partial charge is 0.507 e. The van der Waals surface area contributed by atoms with Crippen molar-refractivity contribution in [3.8, 4) is 0 Å². The minimum atomic E-state index is -1.40. The number of aromatic amines is 1. The predicted octanol–water partition coefficient (Wildman–Crippen LogP) is 6.34. The number of pyridine rings is 1. The third-order valence-electron chi connectivity index (χ3n) is 4.27. The summed E-state index contributed by atoms with van der Waals surface area (Å²) in [6, 6.07) is 8.67. The standard InChI is InChI=1S/C20H19Cl2N3O3S/c1-11(2)16-17(29-15-9-13(21)8-14(22)10-15)25-18(24-16)20(3,28-19(26)27)12-4-6-23-7-5-12/h4-11H,1-3H3,(H,24,25)(H,26,27). The zero-order valence-corrected chi connectivity index (χ0v) is 18.3. The first kappa shape index (κ1) is 21.5. The van der Waals surface area contributed by atoms with Crippen molar-refractivity contribution in [2.75, 3.05) is 0 Å². The maximum atomic E-state index is 11.4. The van der Waals surface area contributed by atoms with Gasteiger partial charge in [0.15, 0.2) is 11.4 Å². The van der Waals surface area contributed by atoms with E-state index < -0.39 is 11.8 Å². The molecule has 1 atom stereocenters. The second-order valence-corrected chi connectivity index (χ2v) is 8.76. The van der Waals surface area contributed by atoms with E-state index in [-0.39, 0.29) is 5.92 Å². The van der Waals surface area contributed by atoms with Gasteiger partial charge in [-0.25, -0.2) is 9.78 Å². The summed E-state index contributed by atoms with van der Waals surface area (Å²) >= 11 is 13.7. The first-order valence-electron chi connectivity index (χ1n) is 8.76. The number of nitrogens with zero attached hydrogens (tertiary/aromatic N) is 2. The van der Waals surface area contributed by atoms with Crippen molar-refractivity contribution in [2.24, 2.45) is 0 Å². The van der Waals surface area contributed by atoms with Crippen molar-refractivity contribution in [1.82, 2.24) is 15.0 Å². The number of H-pyrrole nitrogens is 1. The Hall–Kier alpha value is -2.22. The van der Waals surface area contributed by atoms with Crippen LogP contribution in [0.1, 0.15) is 43.8 Å². The Kier molecular flexibility index (Phi) is 6.41. The highest BCUT2D eigenvalue weighted by Gasteiger charge is 2.38. The van der Waals surface area contributed by atoms with Crippen molar-refractivity contribution >= 4 is 41.1 Å². The molecule has 2 aromatic heterocycles. The van der Waals surface area contributed by atoms with Crippen LogP contribution in [0.4, 0.5) is 4.79 Å². The Labute approximate surface area is 182 Å². The fourth-order valence-electron chi connectivity index (χ4n) is 2.86. The van der Waals surface area contributed by atoms with Gasteiger partial charge >= 0.3 is 6.16 Å². The van der Waals surface area contributed by atoms with Crippen LogP contribution >= 0.6 is 35.0 Å². The van der Waals surface area contributed by atoms with Crippen LogP contribution in [0, 0.1) is 0 Å². The van der Waals surface area contributed by atoms with Crippen molar-refractivity contribution in [3.05, 3.63) is 69.9 Å². The summed E-state index contributed by atoms with van der Waals surface area (Å²) in [5.41, 5.74) is 0.0695. The average molecular weight is 452 g/mol. The maximum Gasteiger partial charge on any atom is 0.507 e. The number of carbonyl (C=O) groups is 1. The summed E-state index contributed by atoms with van der Waals surface area (Å²) in [7, 11) is 0. The highest BCUT2D eigenvalue weighted by atomic mass is 35.5. The van der Waals surface area contributed by atoms with E-state index in [9.17, 15) is 9.90 Å². The molecule has 0 saturated carbocycles. The predicted molar refractivity (Wildman–Crippen MR) is 113 cm³/mol. The van der Waals surface area contributed by atoms with Gasteiger partial charge in [0.1, 0.15) is 5.03 Å². The lowest BCUT2D eigenvalue weighted by atomic mass is 9.96. The fourth-order valence-corrected chi connectivity index (χ4v) is 4.66. The van der Waals surface area contributed by atoms with Crippen LogP contribution in [0.3, 0.4) is 0 Å². The van der Waals surface area contributed by atoms with E-state index in [1.807, 2.05) is 13.8 Å². The second kappa shape index (κ2) is 8.65. The monoisotopic (exact) mass is 451 g/mol. The van der Waals surface area contributed by atoms with Crippen LogP contribution in [-0.2, 0) is 10.3 Å². The molecule has 9 heteroatoms. The molecule has 3 rings (SSSR count). The molecule has 0 bridgehead atoms. The molecule has 2 heterocycles. The second-order valence-electron chi connectivity index (χ2n) is 6.80. The number of nitrogens with one attached hydrogen (secondary N) is 1. The van der Waals surface area contributed by atoms with Crippen LogP contribution in [0.5, 0.6) is 0 Å². The van der Waals surface area contributed by atoms with E-state index in [2.05, 4.69) is 9.97 Å². The summed E-state index contributed by atoms with van der Waals surface area (Å²) < 4.78 is 5.29. The molecule has 0 spiro atoms. The van der Waals surface area contributed by atoms with Gasteiger partial charge in [0.25, 0.3) is 0 Å². The van der Waals surface area contributed by atoms with E-state index in [1.54, 1.807) is 49.6 Å². The van der Waals surface area contributed by atoms with E-state index in [4.69, 9.17) is 32.9 Å². The molecule has 3 aromatic rings. The third kappa shape index (κ3) is 4.86. The van der Waals surface area contributed by atoms with Gasteiger partial charge in [-0.2, -0.15) is 0 Å². The number of rotatable bonds is 6. The zero-order valence-electron chi connectivity index (χ0n) is 15.9. The van der Waals surface area contributed by atoms with Crippen molar-refractivity contribution < 1.29 is 14.6 Å². The van der Waals surface area contributed by atoms with E-state index >= 15 is 0 Å². The lowest BCUT2D eigenvalue weighted by Crippen LogP contribution is -2.31. The summed E-state index contributed by atoms with van der Waals surface area (Å²) in [4.78, 5) is 24.2. The molecule has 6 nitrogen and oxygen atoms in total. The fraction of sp³-hybridized carbons (Fsp3) is 0.250. The molecule has 0 saturated heterocycles. The Morgan fingerprint density at radius 2 is 1.83 bits per heavy atom. The number of imidazole rings is 1. The van der Waals surface area contributed by atoms with E-state index in [1.165, 1.54) is 11.8 Å². The number of halogens is 2. The summed E-state index contributed by atoms with van der Waals surface area (Å²) in [6.07, 6.45) is 1.76. The van der Waals surface area contributed by atoms with Gasteiger partial charge in [0.2, 0.25) is 0 Å². The molecule has 1 unspecified atom stereocenters. The van der Waals surface area contributed by atoms with Crippen molar-refractivity contribution in [3.63, 3.8) is 0 Å². The van der Waals surface area contributed by atoms with Crippen molar-refractivity contribution in [1.29, 1.82) is 0 Å². The maximum absolute atomic E-state index is 11.4. The number of hydrogen-bond donors (Lipinski definition) is 2. The highest BCUT2D eigenvalue weighted by molar-refractivity contribution is 7.99. The molecule has 1 aromatic carbocycles. The first-order valence-corrected chi connectivity index (χ1v) is 10.3. The number of hydrogen-bond acceptors (Lipinski definition) is 5. The molecule has 0 radical (unpaired) electrons.